The van der Waals surface area contributed by atoms with Crippen LogP contribution in [0.25, 0.3) is 0 Å². The molecule has 4 aromatic heterocycles. The molecule has 2 aromatic carbocycles. The number of oxazole rings is 2. The maximum Gasteiger partial charge on any atom is 0.319 e. The molecule has 0 bridgehead atoms. The Morgan fingerprint density at radius 2 is 1.03 bits per heavy atom. The van der Waals surface area contributed by atoms with Gasteiger partial charge >= 0.3 is 5.97 Å². The van der Waals surface area contributed by atoms with E-state index in [0.717, 1.165) is 42.2 Å². The average molecular weight is 888 g/mol. The number of amides is 2. The minimum Gasteiger partial charge on any atom is -0.468 e. The van der Waals surface area contributed by atoms with Gasteiger partial charge in [-0.1, -0.05) is 113 Å². The van der Waals surface area contributed by atoms with Crippen LogP contribution in [0.1, 0.15) is 87.1 Å². The van der Waals surface area contributed by atoms with Crippen molar-refractivity contribution in [2.45, 2.75) is 98.2 Å². The lowest BCUT2D eigenvalue weighted by molar-refractivity contribution is -0.142. The van der Waals surface area contributed by atoms with Crippen LogP contribution in [-0.4, -0.2) is 56.3 Å². The Morgan fingerprint density at radius 1 is 0.633 bits per heavy atom. The summed E-state index contributed by atoms with van der Waals surface area (Å²) in [7, 11) is 1.37. The predicted octanol–water partition coefficient (Wildman–Crippen LogP) is 9.29. The van der Waals surface area contributed by atoms with Gasteiger partial charge in [-0.05, 0) is 22.3 Å². The number of ether oxygens (including phenoxy) is 1. The number of hydrogen-bond acceptors (Lipinski definition) is 15. The van der Waals surface area contributed by atoms with E-state index < -0.39 is 0 Å². The first-order valence-electron chi connectivity index (χ1n) is 19.2. The molecule has 6 aromatic rings. The summed E-state index contributed by atoms with van der Waals surface area (Å²) < 4.78 is 18.6. The van der Waals surface area contributed by atoms with Gasteiger partial charge in [0.2, 0.25) is 23.6 Å². The quantitative estimate of drug-likeness (QED) is 0.0620. The third kappa shape index (κ3) is 13.6. The molecule has 13 nitrogen and oxygen atoms in total. The highest BCUT2D eigenvalue weighted by Crippen LogP contribution is 2.33. The molecule has 0 aliphatic heterocycles. The highest BCUT2D eigenvalue weighted by atomic mass is 32.2. The third-order valence-electron chi connectivity index (χ3n) is 8.89. The minimum absolute atomic E-state index is 0.0962. The number of thioether (sulfide) groups is 2. The van der Waals surface area contributed by atoms with Crippen molar-refractivity contribution >= 4 is 74.2 Å². The molecule has 60 heavy (non-hydrogen) atoms. The van der Waals surface area contributed by atoms with Gasteiger partial charge in [-0.2, -0.15) is 0 Å². The molecule has 0 fully saturated rings. The van der Waals surface area contributed by atoms with Crippen molar-refractivity contribution in [3.05, 3.63) is 119 Å². The topological polar surface area (TPSA) is 166 Å². The van der Waals surface area contributed by atoms with Crippen molar-refractivity contribution in [2.75, 3.05) is 24.3 Å². The van der Waals surface area contributed by atoms with E-state index in [1.165, 1.54) is 29.8 Å². The molecule has 316 valence electrons. The molecular weight excluding hydrogens is 839 g/mol. The molecular formula is C43H49N7O6S4. The Bertz CT molecular complexity index is 2200. The van der Waals surface area contributed by atoms with Gasteiger partial charge in [0, 0.05) is 23.9 Å². The van der Waals surface area contributed by atoms with E-state index in [-0.39, 0.29) is 48.0 Å². The first kappa shape index (κ1) is 44.7. The van der Waals surface area contributed by atoms with Crippen LogP contribution in [0, 0.1) is 0 Å². The van der Waals surface area contributed by atoms with Gasteiger partial charge in [-0.3, -0.25) is 19.3 Å². The number of nitrogens with zero attached hydrogens (tertiary/aromatic N) is 5. The Balaban J connectivity index is 0.946. The number of hydrogen-bond donors (Lipinski definition) is 2. The Hall–Kier alpha value is -4.81. The molecule has 0 radical (unpaired) electrons. The van der Waals surface area contributed by atoms with Crippen LogP contribution < -0.4 is 10.6 Å². The second-order valence-electron chi connectivity index (χ2n) is 16.1. The maximum atomic E-state index is 12.9. The molecule has 4 heterocycles. The summed E-state index contributed by atoms with van der Waals surface area (Å²) in [4.78, 5) is 57.6. The molecule has 0 unspecified atom stereocenters. The zero-order valence-corrected chi connectivity index (χ0v) is 38.0. The van der Waals surface area contributed by atoms with E-state index in [1.807, 2.05) is 53.4 Å². The van der Waals surface area contributed by atoms with Crippen molar-refractivity contribution in [3.63, 3.8) is 0 Å². The summed E-state index contributed by atoms with van der Waals surface area (Å²) in [6, 6.07) is 15.5. The zero-order chi connectivity index (χ0) is 42.9. The van der Waals surface area contributed by atoms with Gasteiger partial charge in [0.1, 0.15) is 11.5 Å². The molecule has 0 saturated heterocycles. The normalized spacial score (nSPS) is 11.9. The number of carbonyl (C=O) groups excluding carboxylic acids is 3. The summed E-state index contributed by atoms with van der Waals surface area (Å²) in [5, 5.41) is 6.87. The van der Waals surface area contributed by atoms with E-state index >= 15 is 0 Å². The maximum absolute atomic E-state index is 12.9. The second kappa shape index (κ2) is 20.2. The van der Waals surface area contributed by atoms with Crippen LogP contribution >= 0.6 is 46.2 Å². The Labute approximate surface area is 366 Å². The summed E-state index contributed by atoms with van der Waals surface area (Å²) >= 11 is 5.94. The summed E-state index contributed by atoms with van der Waals surface area (Å²) in [5.74, 6) is 3.48. The number of esters is 1. The van der Waals surface area contributed by atoms with Crippen molar-refractivity contribution in [1.82, 2.24) is 24.8 Å². The van der Waals surface area contributed by atoms with Gasteiger partial charge in [0.25, 0.3) is 0 Å². The molecule has 2 amide bonds. The number of aromatic nitrogens is 4. The fourth-order valence-electron chi connectivity index (χ4n) is 5.63. The lowest BCUT2D eigenvalue weighted by Crippen LogP contribution is -2.29. The highest BCUT2D eigenvalue weighted by molar-refractivity contribution is 8.00. The van der Waals surface area contributed by atoms with E-state index in [4.69, 9.17) is 13.6 Å². The lowest BCUT2D eigenvalue weighted by atomic mass is 9.94. The summed E-state index contributed by atoms with van der Waals surface area (Å²) in [6.45, 7) is 13.6. The smallest absolute Gasteiger partial charge is 0.319 e. The van der Waals surface area contributed by atoms with E-state index in [1.54, 1.807) is 48.3 Å². The van der Waals surface area contributed by atoms with Crippen LogP contribution in [0.2, 0.25) is 0 Å². The fraction of sp³-hybridized carbons (Fsp3) is 0.372. The number of benzene rings is 2. The number of nitrogens with one attached hydrogen (secondary N) is 2. The van der Waals surface area contributed by atoms with Crippen LogP contribution in [0.5, 0.6) is 0 Å². The summed E-state index contributed by atoms with van der Waals surface area (Å²) in [6.07, 6.45) is 7.42. The monoisotopic (exact) mass is 887 g/mol. The molecule has 0 saturated carbocycles. The van der Waals surface area contributed by atoms with E-state index in [9.17, 15) is 14.4 Å². The van der Waals surface area contributed by atoms with Crippen molar-refractivity contribution in [2.24, 2.45) is 0 Å². The van der Waals surface area contributed by atoms with Crippen LogP contribution in [0.4, 0.5) is 10.3 Å². The fourth-order valence-corrected chi connectivity index (χ4v) is 9.12. The first-order chi connectivity index (χ1) is 28.6. The molecule has 0 aliphatic rings. The standard InChI is InChI=1S/C43H49N7O6S4/c1-42(2,3)31-18-44-35(55-31)25-57-38-20-46-40(59-38)48-33(51)16-27-8-12-29(13-9-27)22-50(24-37(53)54-7)23-30-14-10-28(11-15-30)17-34(52)49-41-47-21-39(60-41)58-26-36-45-19-32(56-36)43(4,5)6/h8-15,18-21H,16-17,22-26H2,1-7H3,(H,46,48,51)(H,47,49,52). The SMILES string of the molecule is COC(=O)CN(Cc1ccc(CC(=O)Nc2ncc(SCc3ncc(C(C)(C)C)o3)s2)cc1)Cc1ccc(CC(=O)Nc2ncc(SCc3ncc(C(C)(C)C)o3)s2)cc1. The highest BCUT2D eigenvalue weighted by Gasteiger charge is 2.21. The van der Waals surface area contributed by atoms with Gasteiger partial charge in [0.15, 0.2) is 10.3 Å². The number of thiazole rings is 2. The predicted molar refractivity (Wildman–Crippen MR) is 237 cm³/mol. The van der Waals surface area contributed by atoms with Gasteiger partial charge in [-0.15, -0.1) is 23.5 Å². The third-order valence-corrected chi connectivity index (χ3v) is 13.1. The molecule has 0 spiro atoms. The number of methoxy groups -OCH3 is 1. The Morgan fingerprint density at radius 3 is 1.40 bits per heavy atom. The number of rotatable bonds is 18. The largest absolute Gasteiger partial charge is 0.468 e. The van der Waals surface area contributed by atoms with Gasteiger partial charge in [0.05, 0.1) is 71.2 Å². The molecule has 0 atom stereocenters. The first-order valence-corrected chi connectivity index (χ1v) is 22.8. The molecule has 0 aliphatic carbocycles. The van der Waals surface area contributed by atoms with Crippen LogP contribution in [0.3, 0.4) is 0 Å². The molecule has 2 N–H and O–H groups in total. The molecule has 17 heteroatoms. The second-order valence-corrected chi connectivity index (χ2v) is 20.7. The van der Waals surface area contributed by atoms with Crippen molar-refractivity contribution < 1.29 is 28.0 Å². The van der Waals surface area contributed by atoms with Crippen LogP contribution in [-0.2, 0) is 67.4 Å². The average Bonchev–Trinajstić information content (AvgIpc) is 4.03. The zero-order valence-electron chi connectivity index (χ0n) is 34.7. The van der Waals surface area contributed by atoms with Gasteiger partial charge in [-0.25, -0.2) is 19.9 Å². The minimum atomic E-state index is -0.344. The number of anilines is 2. The molecule has 6 rings (SSSR count). The van der Waals surface area contributed by atoms with Crippen molar-refractivity contribution in [1.29, 1.82) is 0 Å². The van der Waals surface area contributed by atoms with E-state index in [2.05, 4.69) is 72.1 Å². The lowest BCUT2D eigenvalue weighted by Gasteiger charge is -2.21. The van der Waals surface area contributed by atoms with Crippen LogP contribution in [0.15, 0.2) is 90.6 Å². The van der Waals surface area contributed by atoms with E-state index in [0.29, 0.717) is 46.6 Å². The summed E-state index contributed by atoms with van der Waals surface area (Å²) in [5.41, 5.74) is 3.47. The van der Waals surface area contributed by atoms with Crippen molar-refractivity contribution in [3.8, 4) is 0 Å². The number of carbonyl (C=O) groups is 3. The Kier molecular flexibility index (Phi) is 15.0. The van der Waals surface area contributed by atoms with Gasteiger partial charge < -0.3 is 24.2 Å².